The van der Waals surface area contributed by atoms with Crippen LogP contribution in [0.5, 0.6) is 0 Å². The SMILES string of the molecule is COCC(COCC(COC)OCC(C)(C)C)OC. The van der Waals surface area contributed by atoms with Crippen molar-refractivity contribution in [1.29, 1.82) is 0 Å². The van der Waals surface area contributed by atoms with Crippen LogP contribution < -0.4 is 0 Å². The molecule has 0 aliphatic carbocycles. The summed E-state index contributed by atoms with van der Waals surface area (Å²) in [4.78, 5) is 0. The molecule has 5 heteroatoms. The Labute approximate surface area is 117 Å². The standard InChI is InChI=1S/C14H30O5/c1-14(2,3)11-19-13(8-16-5)10-18-9-12(17-6)7-15-4/h12-13H,7-11H2,1-6H3. The normalized spacial score (nSPS) is 15.5. The maximum Gasteiger partial charge on any atom is 0.104 e. The summed E-state index contributed by atoms with van der Waals surface area (Å²) < 4.78 is 26.8. The zero-order chi connectivity index (χ0) is 14.7. The van der Waals surface area contributed by atoms with Crippen LogP contribution >= 0.6 is 0 Å². The molecule has 0 aromatic heterocycles. The zero-order valence-corrected chi connectivity index (χ0v) is 13.2. The molecule has 0 aliphatic rings. The summed E-state index contributed by atoms with van der Waals surface area (Å²) in [5, 5.41) is 0. The third-order valence-corrected chi connectivity index (χ3v) is 2.40. The molecule has 2 atom stereocenters. The van der Waals surface area contributed by atoms with E-state index in [1.165, 1.54) is 0 Å². The molecule has 0 saturated heterocycles. The van der Waals surface area contributed by atoms with Gasteiger partial charge in [0.1, 0.15) is 12.2 Å². The van der Waals surface area contributed by atoms with Crippen LogP contribution in [0.4, 0.5) is 0 Å². The molecule has 5 nitrogen and oxygen atoms in total. The second kappa shape index (κ2) is 10.6. The average Bonchev–Trinajstić information content (AvgIpc) is 2.33. The Hall–Kier alpha value is -0.200. The second-order valence-electron chi connectivity index (χ2n) is 5.80. The van der Waals surface area contributed by atoms with Crippen molar-refractivity contribution < 1.29 is 23.7 Å². The summed E-state index contributed by atoms with van der Waals surface area (Å²) in [7, 11) is 4.96. The van der Waals surface area contributed by atoms with E-state index < -0.39 is 0 Å². The van der Waals surface area contributed by atoms with Crippen LogP contribution in [0.3, 0.4) is 0 Å². The first-order valence-corrected chi connectivity index (χ1v) is 6.63. The highest BCUT2D eigenvalue weighted by Gasteiger charge is 2.17. The Bertz CT molecular complexity index is 203. The zero-order valence-electron chi connectivity index (χ0n) is 13.2. The van der Waals surface area contributed by atoms with Gasteiger partial charge in [0.15, 0.2) is 0 Å². The fraction of sp³-hybridized carbons (Fsp3) is 1.00. The van der Waals surface area contributed by atoms with E-state index in [0.717, 1.165) is 0 Å². The van der Waals surface area contributed by atoms with Crippen LogP contribution in [-0.2, 0) is 23.7 Å². The smallest absolute Gasteiger partial charge is 0.104 e. The minimum atomic E-state index is -0.0516. The molecule has 0 fully saturated rings. The van der Waals surface area contributed by atoms with E-state index in [9.17, 15) is 0 Å². The third-order valence-electron chi connectivity index (χ3n) is 2.40. The van der Waals surface area contributed by atoms with Crippen molar-refractivity contribution in [3.8, 4) is 0 Å². The highest BCUT2D eigenvalue weighted by atomic mass is 16.6. The lowest BCUT2D eigenvalue weighted by Crippen LogP contribution is -2.32. The highest BCUT2D eigenvalue weighted by Crippen LogP contribution is 2.14. The van der Waals surface area contributed by atoms with Gasteiger partial charge in [0.25, 0.3) is 0 Å². The maximum atomic E-state index is 5.80. The third kappa shape index (κ3) is 11.3. The van der Waals surface area contributed by atoms with Gasteiger partial charge < -0.3 is 23.7 Å². The molecule has 0 N–H and O–H groups in total. The van der Waals surface area contributed by atoms with E-state index in [1.807, 2.05) is 0 Å². The van der Waals surface area contributed by atoms with Gasteiger partial charge >= 0.3 is 0 Å². The van der Waals surface area contributed by atoms with Gasteiger partial charge in [0, 0.05) is 21.3 Å². The molecule has 2 unspecified atom stereocenters. The van der Waals surface area contributed by atoms with Crippen molar-refractivity contribution in [2.24, 2.45) is 5.41 Å². The Kier molecular flexibility index (Phi) is 10.5. The molecule has 0 bridgehead atoms. The van der Waals surface area contributed by atoms with Crippen LogP contribution in [-0.4, -0.2) is 66.6 Å². The predicted molar refractivity (Wildman–Crippen MR) is 74.6 cm³/mol. The van der Waals surface area contributed by atoms with Crippen LogP contribution in [0.15, 0.2) is 0 Å². The number of methoxy groups -OCH3 is 3. The lowest BCUT2D eigenvalue weighted by molar-refractivity contribution is -0.0908. The van der Waals surface area contributed by atoms with Crippen LogP contribution in [0.25, 0.3) is 0 Å². The van der Waals surface area contributed by atoms with Crippen molar-refractivity contribution in [2.75, 3.05) is 54.4 Å². The minimum Gasteiger partial charge on any atom is -0.382 e. The van der Waals surface area contributed by atoms with Crippen LogP contribution in [0.2, 0.25) is 0 Å². The quantitative estimate of drug-likeness (QED) is 0.576. The van der Waals surface area contributed by atoms with Gasteiger partial charge in [-0.2, -0.15) is 0 Å². The molecule has 116 valence electrons. The Balaban J connectivity index is 3.93. The van der Waals surface area contributed by atoms with E-state index in [0.29, 0.717) is 33.0 Å². The fourth-order valence-corrected chi connectivity index (χ4v) is 1.40. The van der Waals surface area contributed by atoms with Gasteiger partial charge in [-0.05, 0) is 5.41 Å². The van der Waals surface area contributed by atoms with Gasteiger partial charge in [-0.1, -0.05) is 20.8 Å². The summed E-state index contributed by atoms with van der Waals surface area (Å²) in [6.45, 7) is 9.12. The molecule has 0 saturated carbocycles. The van der Waals surface area contributed by atoms with Crippen molar-refractivity contribution in [3.05, 3.63) is 0 Å². The number of rotatable bonds is 11. The van der Waals surface area contributed by atoms with Gasteiger partial charge in [-0.3, -0.25) is 0 Å². The van der Waals surface area contributed by atoms with Gasteiger partial charge in [0.05, 0.1) is 33.0 Å². The molecule has 0 heterocycles. The number of hydrogen-bond acceptors (Lipinski definition) is 5. The van der Waals surface area contributed by atoms with Crippen molar-refractivity contribution in [3.63, 3.8) is 0 Å². The minimum absolute atomic E-state index is 0.0455. The topological polar surface area (TPSA) is 46.2 Å². The summed E-state index contributed by atoms with van der Waals surface area (Å²) >= 11 is 0. The molecular weight excluding hydrogens is 248 g/mol. The van der Waals surface area contributed by atoms with E-state index in [4.69, 9.17) is 23.7 Å². The molecular formula is C14H30O5. The van der Waals surface area contributed by atoms with Gasteiger partial charge in [-0.25, -0.2) is 0 Å². The van der Waals surface area contributed by atoms with E-state index in [1.54, 1.807) is 21.3 Å². The van der Waals surface area contributed by atoms with Gasteiger partial charge in [-0.15, -0.1) is 0 Å². The molecule has 0 aliphatic heterocycles. The largest absolute Gasteiger partial charge is 0.382 e. The maximum absolute atomic E-state index is 5.80. The first-order valence-electron chi connectivity index (χ1n) is 6.63. The molecule has 0 aromatic rings. The monoisotopic (exact) mass is 278 g/mol. The summed E-state index contributed by atoms with van der Waals surface area (Å²) in [6, 6.07) is 0. The van der Waals surface area contributed by atoms with Crippen molar-refractivity contribution >= 4 is 0 Å². The lowest BCUT2D eigenvalue weighted by Gasteiger charge is -2.24. The van der Waals surface area contributed by atoms with Crippen LogP contribution in [0.1, 0.15) is 20.8 Å². The highest BCUT2D eigenvalue weighted by molar-refractivity contribution is 4.64. The summed E-state index contributed by atoms with van der Waals surface area (Å²) in [5.74, 6) is 0. The number of ether oxygens (including phenoxy) is 5. The first kappa shape index (κ1) is 18.8. The molecule has 0 aromatic carbocycles. The van der Waals surface area contributed by atoms with Gasteiger partial charge in [0.2, 0.25) is 0 Å². The Morgan fingerprint density at radius 3 is 1.79 bits per heavy atom. The first-order chi connectivity index (χ1) is 8.92. The summed E-state index contributed by atoms with van der Waals surface area (Å²) in [6.07, 6.45) is -0.0971. The molecule has 0 radical (unpaired) electrons. The van der Waals surface area contributed by atoms with E-state index >= 15 is 0 Å². The van der Waals surface area contributed by atoms with Crippen molar-refractivity contribution in [2.45, 2.75) is 33.0 Å². The predicted octanol–water partition coefficient (Wildman–Crippen LogP) is 1.74. The summed E-state index contributed by atoms with van der Waals surface area (Å²) in [5.41, 5.74) is 0.136. The number of hydrogen-bond donors (Lipinski definition) is 0. The van der Waals surface area contributed by atoms with Crippen molar-refractivity contribution in [1.82, 2.24) is 0 Å². The van der Waals surface area contributed by atoms with E-state index in [-0.39, 0.29) is 17.6 Å². The lowest BCUT2D eigenvalue weighted by atomic mass is 9.98. The molecule has 19 heavy (non-hydrogen) atoms. The van der Waals surface area contributed by atoms with Crippen LogP contribution in [0, 0.1) is 5.41 Å². The molecule has 0 rings (SSSR count). The Morgan fingerprint density at radius 2 is 1.32 bits per heavy atom. The fourth-order valence-electron chi connectivity index (χ4n) is 1.40. The Morgan fingerprint density at radius 1 is 0.789 bits per heavy atom. The average molecular weight is 278 g/mol. The molecule has 0 amide bonds. The van der Waals surface area contributed by atoms with E-state index in [2.05, 4.69) is 20.8 Å². The molecule has 0 spiro atoms. The second-order valence-corrected chi connectivity index (χ2v) is 5.80.